The van der Waals surface area contributed by atoms with E-state index in [-0.39, 0.29) is 0 Å². The Balaban J connectivity index is 2.10. The minimum absolute atomic E-state index is 0.622. The molecule has 0 atom stereocenters. The number of aromatic nitrogens is 5. The van der Waals surface area contributed by atoms with E-state index in [4.69, 9.17) is 4.74 Å². The molecule has 0 spiro atoms. The summed E-state index contributed by atoms with van der Waals surface area (Å²) >= 11 is 0. The summed E-state index contributed by atoms with van der Waals surface area (Å²) in [5.74, 6) is 0.898. The number of fused-ring (bicyclic) bond motifs is 1. The first-order chi connectivity index (χ1) is 9.81. The molecule has 104 valence electrons. The summed E-state index contributed by atoms with van der Waals surface area (Å²) < 4.78 is 7.04. The standard InChI is InChI=1S/C13H16N6O/c1-9-11(17-8-16-9)12-13(15-4-6-20-2)19-5-3-14-7-10(19)18-12/h3,5,7-8,15H,4,6H2,1-2H3,(H,16,17). The number of hydrogen-bond donors (Lipinski definition) is 2. The molecule has 0 unspecified atom stereocenters. The quantitative estimate of drug-likeness (QED) is 0.688. The number of aromatic amines is 1. The smallest absolute Gasteiger partial charge is 0.157 e. The van der Waals surface area contributed by atoms with Gasteiger partial charge in [-0.3, -0.25) is 9.38 Å². The fraction of sp³-hybridized carbons (Fsp3) is 0.308. The van der Waals surface area contributed by atoms with Crippen LogP contribution in [0.3, 0.4) is 0 Å². The van der Waals surface area contributed by atoms with Crippen molar-refractivity contribution < 1.29 is 4.74 Å². The largest absolute Gasteiger partial charge is 0.383 e. The first-order valence-electron chi connectivity index (χ1n) is 6.36. The number of hydrogen-bond acceptors (Lipinski definition) is 5. The number of aryl methyl sites for hydroxylation is 1. The van der Waals surface area contributed by atoms with Gasteiger partial charge in [0.15, 0.2) is 5.65 Å². The molecule has 0 aliphatic carbocycles. The number of methoxy groups -OCH3 is 1. The zero-order chi connectivity index (χ0) is 13.9. The fourth-order valence-electron chi connectivity index (χ4n) is 2.11. The van der Waals surface area contributed by atoms with Crippen molar-refractivity contribution in [2.45, 2.75) is 6.92 Å². The summed E-state index contributed by atoms with van der Waals surface area (Å²) in [5.41, 5.74) is 3.42. The molecule has 3 aromatic heterocycles. The van der Waals surface area contributed by atoms with Crippen LogP contribution in [0, 0.1) is 6.92 Å². The summed E-state index contributed by atoms with van der Waals surface area (Å²) in [6, 6.07) is 0. The predicted molar refractivity (Wildman–Crippen MR) is 75.7 cm³/mol. The first-order valence-corrected chi connectivity index (χ1v) is 6.36. The Morgan fingerprint density at radius 3 is 3.05 bits per heavy atom. The van der Waals surface area contributed by atoms with E-state index in [0.717, 1.165) is 28.5 Å². The van der Waals surface area contributed by atoms with Crippen LogP contribution < -0.4 is 5.32 Å². The van der Waals surface area contributed by atoms with Crippen molar-refractivity contribution in [2.24, 2.45) is 0 Å². The lowest BCUT2D eigenvalue weighted by Crippen LogP contribution is -2.10. The highest BCUT2D eigenvalue weighted by atomic mass is 16.5. The third-order valence-electron chi connectivity index (χ3n) is 3.08. The Kier molecular flexibility index (Phi) is 3.34. The number of ether oxygens (including phenoxy) is 1. The van der Waals surface area contributed by atoms with Gasteiger partial charge in [0.2, 0.25) is 0 Å². The van der Waals surface area contributed by atoms with Crippen LogP contribution >= 0.6 is 0 Å². The Labute approximate surface area is 116 Å². The normalized spacial score (nSPS) is 11.1. The molecular formula is C13H16N6O. The van der Waals surface area contributed by atoms with Gasteiger partial charge in [-0.05, 0) is 6.92 Å². The first kappa shape index (κ1) is 12.6. The Morgan fingerprint density at radius 1 is 1.40 bits per heavy atom. The lowest BCUT2D eigenvalue weighted by atomic mass is 10.2. The minimum Gasteiger partial charge on any atom is -0.383 e. The fourth-order valence-corrected chi connectivity index (χ4v) is 2.11. The zero-order valence-electron chi connectivity index (χ0n) is 11.4. The summed E-state index contributed by atoms with van der Waals surface area (Å²) in [6.07, 6.45) is 7.01. The van der Waals surface area contributed by atoms with Crippen LogP contribution in [-0.4, -0.2) is 44.6 Å². The molecule has 0 aliphatic heterocycles. The molecule has 3 rings (SSSR count). The summed E-state index contributed by atoms with van der Waals surface area (Å²) in [6.45, 7) is 3.30. The van der Waals surface area contributed by atoms with Gasteiger partial charge in [0.1, 0.15) is 17.2 Å². The number of rotatable bonds is 5. The van der Waals surface area contributed by atoms with Gasteiger partial charge in [0.25, 0.3) is 0 Å². The second-order valence-electron chi connectivity index (χ2n) is 4.41. The highest BCUT2D eigenvalue weighted by molar-refractivity contribution is 5.75. The molecule has 7 nitrogen and oxygen atoms in total. The van der Waals surface area contributed by atoms with Crippen molar-refractivity contribution in [3.8, 4) is 11.4 Å². The average Bonchev–Trinajstić information content (AvgIpc) is 3.03. The van der Waals surface area contributed by atoms with E-state index >= 15 is 0 Å². The van der Waals surface area contributed by atoms with Gasteiger partial charge in [0, 0.05) is 31.7 Å². The van der Waals surface area contributed by atoms with Crippen molar-refractivity contribution >= 4 is 11.5 Å². The van der Waals surface area contributed by atoms with Crippen LogP contribution in [0.15, 0.2) is 24.9 Å². The maximum atomic E-state index is 5.08. The molecule has 0 saturated heterocycles. The van der Waals surface area contributed by atoms with E-state index in [1.807, 2.05) is 17.5 Å². The number of anilines is 1. The molecule has 0 aromatic carbocycles. The van der Waals surface area contributed by atoms with Crippen LogP contribution in [0.1, 0.15) is 5.69 Å². The van der Waals surface area contributed by atoms with Crippen molar-refractivity contribution in [3.05, 3.63) is 30.6 Å². The summed E-state index contributed by atoms with van der Waals surface area (Å²) in [7, 11) is 1.68. The molecule has 0 bridgehead atoms. The average molecular weight is 272 g/mol. The molecule has 7 heteroatoms. The maximum Gasteiger partial charge on any atom is 0.157 e. The molecule has 20 heavy (non-hydrogen) atoms. The van der Waals surface area contributed by atoms with Gasteiger partial charge in [-0.2, -0.15) is 0 Å². The second-order valence-corrected chi connectivity index (χ2v) is 4.41. The third-order valence-corrected chi connectivity index (χ3v) is 3.08. The van der Waals surface area contributed by atoms with Gasteiger partial charge in [-0.25, -0.2) is 9.97 Å². The van der Waals surface area contributed by atoms with Crippen LogP contribution in [0.4, 0.5) is 5.82 Å². The number of imidazole rings is 2. The predicted octanol–water partition coefficient (Wildman–Crippen LogP) is 1.49. The SMILES string of the molecule is COCCNc1c(-c2nc[nH]c2C)nc2cnccn12. The van der Waals surface area contributed by atoms with Crippen molar-refractivity contribution in [3.63, 3.8) is 0 Å². The van der Waals surface area contributed by atoms with Crippen LogP contribution in [0.25, 0.3) is 17.0 Å². The minimum atomic E-state index is 0.622. The Morgan fingerprint density at radius 2 is 2.30 bits per heavy atom. The molecule has 0 fully saturated rings. The molecule has 2 N–H and O–H groups in total. The summed E-state index contributed by atoms with van der Waals surface area (Å²) in [4.78, 5) is 16.1. The highest BCUT2D eigenvalue weighted by Gasteiger charge is 2.17. The Bertz CT molecular complexity index is 717. The van der Waals surface area contributed by atoms with E-state index in [1.54, 1.807) is 25.8 Å². The highest BCUT2D eigenvalue weighted by Crippen LogP contribution is 2.28. The second kappa shape index (κ2) is 5.30. The molecule has 3 heterocycles. The van der Waals surface area contributed by atoms with Crippen LogP contribution in [0.5, 0.6) is 0 Å². The number of nitrogens with zero attached hydrogens (tertiary/aromatic N) is 4. The summed E-state index contributed by atoms with van der Waals surface area (Å²) in [5, 5.41) is 3.35. The van der Waals surface area contributed by atoms with Crippen molar-refractivity contribution in [2.75, 3.05) is 25.6 Å². The van der Waals surface area contributed by atoms with Gasteiger partial charge >= 0.3 is 0 Å². The van der Waals surface area contributed by atoms with Crippen molar-refractivity contribution in [1.29, 1.82) is 0 Å². The van der Waals surface area contributed by atoms with Crippen LogP contribution in [-0.2, 0) is 4.74 Å². The van der Waals surface area contributed by atoms with Crippen LogP contribution in [0.2, 0.25) is 0 Å². The maximum absolute atomic E-state index is 5.08. The zero-order valence-corrected chi connectivity index (χ0v) is 11.4. The molecule has 0 saturated carbocycles. The molecular weight excluding hydrogens is 256 g/mol. The molecule has 3 aromatic rings. The number of H-pyrrole nitrogens is 1. The molecule has 0 aliphatic rings. The van der Waals surface area contributed by atoms with Crippen molar-refractivity contribution in [1.82, 2.24) is 24.3 Å². The van der Waals surface area contributed by atoms with E-state index in [1.165, 1.54) is 0 Å². The lowest BCUT2D eigenvalue weighted by molar-refractivity contribution is 0.210. The van der Waals surface area contributed by atoms with Gasteiger partial charge in [-0.1, -0.05) is 0 Å². The van der Waals surface area contributed by atoms with E-state index < -0.39 is 0 Å². The number of nitrogens with one attached hydrogen (secondary N) is 2. The van der Waals surface area contributed by atoms with E-state index in [0.29, 0.717) is 13.2 Å². The molecule has 0 radical (unpaired) electrons. The van der Waals surface area contributed by atoms with E-state index in [2.05, 4.69) is 25.3 Å². The van der Waals surface area contributed by atoms with Gasteiger partial charge in [-0.15, -0.1) is 0 Å². The topological polar surface area (TPSA) is 80.1 Å². The monoisotopic (exact) mass is 272 g/mol. The third kappa shape index (κ3) is 2.12. The van der Waals surface area contributed by atoms with Gasteiger partial charge < -0.3 is 15.0 Å². The van der Waals surface area contributed by atoms with E-state index in [9.17, 15) is 0 Å². The van der Waals surface area contributed by atoms with Gasteiger partial charge in [0.05, 0.1) is 19.1 Å². The Hall–Kier alpha value is -2.41. The molecule has 0 amide bonds. The lowest BCUT2D eigenvalue weighted by Gasteiger charge is -2.07.